The molecule has 15 heavy (non-hydrogen) atoms. The number of ether oxygens (including phenoxy) is 1. The third kappa shape index (κ3) is 1.70. The lowest BCUT2D eigenvalue weighted by molar-refractivity contribution is -0.0419. The molecule has 0 spiro atoms. The zero-order valence-corrected chi connectivity index (χ0v) is 9.14. The van der Waals surface area contributed by atoms with Gasteiger partial charge in [0.25, 0.3) is 0 Å². The zero-order valence-electron chi connectivity index (χ0n) is 8.39. The van der Waals surface area contributed by atoms with Gasteiger partial charge in [-0.3, -0.25) is 0 Å². The highest BCUT2D eigenvalue weighted by Gasteiger charge is 2.39. The van der Waals surface area contributed by atoms with Gasteiger partial charge in [0.2, 0.25) is 0 Å². The Labute approximate surface area is 92.6 Å². The molecule has 2 rings (SSSR count). The minimum atomic E-state index is -1.05. The molecule has 1 N–H and O–H groups in total. The summed E-state index contributed by atoms with van der Waals surface area (Å²) in [6.45, 7) is 0. The number of aliphatic hydroxyl groups is 1. The van der Waals surface area contributed by atoms with E-state index in [1.165, 1.54) is 19.2 Å². The Hall–Kier alpha value is -0.800. The van der Waals surface area contributed by atoms with Crippen molar-refractivity contribution < 1.29 is 14.2 Å². The Morgan fingerprint density at radius 3 is 2.60 bits per heavy atom. The monoisotopic (exact) mass is 230 g/mol. The first-order chi connectivity index (χ1) is 7.07. The van der Waals surface area contributed by atoms with Crippen LogP contribution in [0.25, 0.3) is 0 Å². The van der Waals surface area contributed by atoms with Crippen LogP contribution in [0.2, 0.25) is 5.02 Å². The topological polar surface area (TPSA) is 29.5 Å². The summed E-state index contributed by atoms with van der Waals surface area (Å²) in [5.74, 6) is -0.429. The van der Waals surface area contributed by atoms with Gasteiger partial charge in [-0.25, -0.2) is 4.39 Å². The maximum Gasteiger partial charge on any atom is 0.171 e. The van der Waals surface area contributed by atoms with Crippen molar-refractivity contribution in [3.8, 4) is 5.75 Å². The standard InChI is InChI=1S/C11H12ClFO2/c1-15-9-6-7(12)5-8(10(9)13)11(14)3-2-4-11/h5-6,14H,2-4H2,1H3. The fraction of sp³-hybridized carbons (Fsp3) is 0.455. The maximum atomic E-state index is 13.8. The second-order valence-electron chi connectivity index (χ2n) is 3.85. The van der Waals surface area contributed by atoms with Gasteiger partial charge in [-0.1, -0.05) is 11.6 Å². The number of hydrogen-bond donors (Lipinski definition) is 1. The number of benzene rings is 1. The van der Waals surface area contributed by atoms with Crippen molar-refractivity contribution in [2.24, 2.45) is 0 Å². The van der Waals surface area contributed by atoms with Crippen LogP contribution >= 0.6 is 11.6 Å². The molecule has 0 bridgehead atoms. The third-order valence-corrected chi connectivity index (χ3v) is 3.12. The average molecular weight is 231 g/mol. The molecular formula is C11H12ClFO2. The summed E-state index contributed by atoms with van der Waals surface area (Å²) < 4.78 is 18.7. The normalized spacial score (nSPS) is 18.4. The molecule has 1 fully saturated rings. The van der Waals surface area contributed by atoms with Gasteiger partial charge >= 0.3 is 0 Å². The molecule has 0 aromatic heterocycles. The van der Waals surface area contributed by atoms with Crippen molar-refractivity contribution in [1.29, 1.82) is 0 Å². The predicted octanol–water partition coefficient (Wildman–Crippen LogP) is 2.86. The molecule has 82 valence electrons. The van der Waals surface area contributed by atoms with E-state index in [0.717, 1.165) is 6.42 Å². The van der Waals surface area contributed by atoms with Gasteiger partial charge in [-0.05, 0) is 25.3 Å². The van der Waals surface area contributed by atoms with Crippen LogP contribution in [0.5, 0.6) is 5.75 Å². The van der Waals surface area contributed by atoms with E-state index in [1.807, 2.05) is 0 Å². The van der Waals surface area contributed by atoms with E-state index in [9.17, 15) is 9.50 Å². The molecule has 0 atom stereocenters. The van der Waals surface area contributed by atoms with Crippen LogP contribution in [-0.4, -0.2) is 12.2 Å². The van der Waals surface area contributed by atoms with Crippen LogP contribution in [0.1, 0.15) is 24.8 Å². The van der Waals surface area contributed by atoms with Crippen molar-refractivity contribution in [2.75, 3.05) is 7.11 Å². The van der Waals surface area contributed by atoms with Crippen molar-refractivity contribution in [3.63, 3.8) is 0 Å². The summed E-state index contributed by atoms with van der Waals surface area (Å²) in [6, 6.07) is 2.88. The number of halogens is 2. The minimum absolute atomic E-state index is 0.0813. The number of hydrogen-bond acceptors (Lipinski definition) is 2. The molecule has 0 aliphatic heterocycles. The van der Waals surface area contributed by atoms with Gasteiger partial charge in [-0.15, -0.1) is 0 Å². The molecule has 0 saturated heterocycles. The first-order valence-corrected chi connectivity index (χ1v) is 5.20. The first-order valence-electron chi connectivity index (χ1n) is 4.83. The fourth-order valence-corrected chi connectivity index (χ4v) is 2.04. The fourth-order valence-electron chi connectivity index (χ4n) is 1.83. The summed E-state index contributed by atoms with van der Waals surface area (Å²) >= 11 is 5.83. The van der Waals surface area contributed by atoms with Crippen molar-refractivity contribution >= 4 is 11.6 Å². The molecule has 0 unspecified atom stereocenters. The molecule has 1 aliphatic rings. The van der Waals surface area contributed by atoms with E-state index >= 15 is 0 Å². The second kappa shape index (κ2) is 3.65. The SMILES string of the molecule is COc1cc(Cl)cc(C2(O)CCC2)c1F. The third-order valence-electron chi connectivity index (χ3n) is 2.91. The van der Waals surface area contributed by atoms with Crippen molar-refractivity contribution in [1.82, 2.24) is 0 Å². The Kier molecular flexibility index (Phi) is 2.61. The zero-order chi connectivity index (χ0) is 11.1. The molecule has 2 nitrogen and oxygen atoms in total. The Morgan fingerprint density at radius 2 is 2.13 bits per heavy atom. The highest BCUT2D eigenvalue weighted by Crippen LogP contribution is 2.44. The summed E-state index contributed by atoms with van der Waals surface area (Å²) in [6.07, 6.45) is 2.06. The summed E-state index contributed by atoms with van der Waals surface area (Å²) in [5.41, 5.74) is -0.805. The average Bonchev–Trinajstić information content (AvgIpc) is 2.17. The number of methoxy groups -OCH3 is 1. The van der Waals surface area contributed by atoms with Crippen molar-refractivity contribution in [3.05, 3.63) is 28.5 Å². The Morgan fingerprint density at radius 1 is 1.47 bits per heavy atom. The highest BCUT2D eigenvalue weighted by molar-refractivity contribution is 6.30. The first kappa shape index (κ1) is 10.7. The minimum Gasteiger partial charge on any atom is -0.494 e. The summed E-state index contributed by atoms with van der Waals surface area (Å²) in [7, 11) is 1.38. The van der Waals surface area contributed by atoms with E-state index in [-0.39, 0.29) is 11.3 Å². The van der Waals surface area contributed by atoms with Gasteiger partial charge in [0.05, 0.1) is 12.7 Å². The summed E-state index contributed by atoms with van der Waals surface area (Å²) in [5, 5.41) is 10.4. The van der Waals surface area contributed by atoms with E-state index in [1.54, 1.807) is 0 Å². The Bertz CT molecular complexity index is 388. The van der Waals surface area contributed by atoms with Crippen molar-refractivity contribution in [2.45, 2.75) is 24.9 Å². The molecule has 1 aromatic carbocycles. The van der Waals surface area contributed by atoms with Crippen LogP contribution in [0.3, 0.4) is 0 Å². The molecule has 0 amide bonds. The van der Waals surface area contributed by atoms with E-state index in [2.05, 4.69) is 0 Å². The van der Waals surface area contributed by atoms with Crippen LogP contribution < -0.4 is 4.74 Å². The second-order valence-corrected chi connectivity index (χ2v) is 4.29. The largest absolute Gasteiger partial charge is 0.494 e. The number of rotatable bonds is 2. The molecule has 4 heteroatoms. The smallest absolute Gasteiger partial charge is 0.171 e. The quantitative estimate of drug-likeness (QED) is 0.847. The van der Waals surface area contributed by atoms with Gasteiger partial charge in [-0.2, -0.15) is 0 Å². The molecular weight excluding hydrogens is 219 g/mol. The van der Waals surface area contributed by atoms with Crippen LogP contribution in [0, 0.1) is 5.82 Å². The van der Waals surface area contributed by atoms with Gasteiger partial charge in [0.15, 0.2) is 11.6 Å². The lowest BCUT2D eigenvalue weighted by Gasteiger charge is -2.37. The molecule has 1 saturated carbocycles. The van der Waals surface area contributed by atoms with Gasteiger partial charge in [0.1, 0.15) is 0 Å². The van der Waals surface area contributed by atoms with Crippen LogP contribution in [0.4, 0.5) is 4.39 Å². The van der Waals surface area contributed by atoms with Crippen LogP contribution in [-0.2, 0) is 5.60 Å². The summed E-state index contributed by atoms with van der Waals surface area (Å²) in [4.78, 5) is 0. The molecule has 0 radical (unpaired) electrons. The lowest BCUT2D eigenvalue weighted by atomic mass is 9.75. The molecule has 1 aliphatic carbocycles. The van der Waals surface area contributed by atoms with E-state index < -0.39 is 11.4 Å². The van der Waals surface area contributed by atoms with Gasteiger partial charge in [0, 0.05) is 16.7 Å². The predicted molar refractivity (Wildman–Crippen MR) is 55.7 cm³/mol. The van der Waals surface area contributed by atoms with Gasteiger partial charge < -0.3 is 9.84 Å². The van der Waals surface area contributed by atoms with Crippen LogP contribution in [0.15, 0.2) is 12.1 Å². The lowest BCUT2D eigenvalue weighted by Crippen LogP contribution is -2.34. The highest BCUT2D eigenvalue weighted by atomic mass is 35.5. The Balaban J connectivity index is 2.50. The van der Waals surface area contributed by atoms with E-state index in [0.29, 0.717) is 17.9 Å². The molecule has 1 aromatic rings. The maximum absolute atomic E-state index is 13.8. The van der Waals surface area contributed by atoms with E-state index in [4.69, 9.17) is 16.3 Å². The molecule has 0 heterocycles.